The molecule has 0 aliphatic carbocycles. The monoisotopic (exact) mass is 171 g/mol. The molecule has 0 fully saturated rings. The van der Waals surface area contributed by atoms with Crippen LogP contribution in [-0.4, -0.2) is 24.2 Å². The molecule has 2 N–H and O–H groups in total. The van der Waals surface area contributed by atoms with E-state index in [9.17, 15) is 4.79 Å². The maximum absolute atomic E-state index is 11.0. The number of carbonyl (C=O) groups excluding carboxylic acids is 1. The fraction of sp³-hybridized carbons (Fsp3) is 0.667. The van der Waals surface area contributed by atoms with Gasteiger partial charge in [0.15, 0.2) is 0 Å². The van der Waals surface area contributed by atoms with Gasteiger partial charge in [-0.15, -0.1) is 0 Å². The van der Waals surface area contributed by atoms with E-state index in [0.29, 0.717) is 12.1 Å². The number of aliphatic hydroxyl groups excluding tert-OH is 1. The molecule has 0 aliphatic heterocycles. The Kier molecular flexibility index (Phi) is 3.96. The van der Waals surface area contributed by atoms with Gasteiger partial charge < -0.3 is 10.4 Å². The van der Waals surface area contributed by atoms with Crippen molar-refractivity contribution in [1.29, 1.82) is 0 Å². The van der Waals surface area contributed by atoms with Crippen LogP contribution < -0.4 is 5.32 Å². The molecule has 0 bridgehead atoms. The molecule has 0 spiro atoms. The summed E-state index contributed by atoms with van der Waals surface area (Å²) in [6.45, 7) is 9.45. The van der Waals surface area contributed by atoms with Gasteiger partial charge in [0.1, 0.15) is 0 Å². The molecule has 0 aromatic heterocycles. The standard InChI is InChI=1S/C9H17NO2/c1-7(2)8(12)10-5-9(3,4)6-11/h11H,1,5-6H2,2-4H3,(H,10,12). The predicted octanol–water partition coefficient (Wildman–Crippen LogP) is 0.697. The number of nitrogens with one attached hydrogen (secondary N) is 1. The van der Waals surface area contributed by atoms with Crippen LogP contribution >= 0.6 is 0 Å². The lowest BCUT2D eigenvalue weighted by molar-refractivity contribution is -0.117. The van der Waals surface area contributed by atoms with Crippen molar-refractivity contribution in [2.24, 2.45) is 5.41 Å². The second kappa shape index (κ2) is 4.26. The Morgan fingerprint density at radius 3 is 2.42 bits per heavy atom. The molecular weight excluding hydrogens is 154 g/mol. The lowest BCUT2D eigenvalue weighted by Crippen LogP contribution is -2.36. The van der Waals surface area contributed by atoms with Crippen molar-refractivity contribution in [3.63, 3.8) is 0 Å². The Bertz CT molecular complexity index is 185. The first-order valence-corrected chi connectivity index (χ1v) is 3.93. The molecule has 0 aromatic carbocycles. The lowest BCUT2D eigenvalue weighted by Gasteiger charge is -2.21. The Morgan fingerprint density at radius 1 is 1.58 bits per heavy atom. The van der Waals surface area contributed by atoms with Crippen LogP contribution in [0.25, 0.3) is 0 Å². The van der Waals surface area contributed by atoms with Crippen LogP contribution in [0.2, 0.25) is 0 Å². The molecule has 3 nitrogen and oxygen atoms in total. The minimum Gasteiger partial charge on any atom is -0.396 e. The predicted molar refractivity (Wildman–Crippen MR) is 48.7 cm³/mol. The third-order valence-electron chi connectivity index (χ3n) is 1.54. The Hall–Kier alpha value is -0.830. The van der Waals surface area contributed by atoms with Crippen molar-refractivity contribution >= 4 is 5.91 Å². The summed E-state index contributed by atoms with van der Waals surface area (Å²) in [6, 6.07) is 0. The summed E-state index contributed by atoms with van der Waals surface area (Å²) in [5.74, 6) is -0.156. The smallest absolute Gasteiger partial charge is 0.246 e. The second-order valence-electron chi connectivity index (χ2n) is 3.79. The highest BCUT2D eigenvalue weighted by Crippen LogP contribution is 2.11. The van der Waals surface area contributed by atoms with Gasteiger partial charge in [0.05, 0.1) is 0 Å². The van der Waals surface area contributed by atoms with Crippen LogP contribution in [0.4, 0.5) is 0 Å². The molecule has 0 heterocycles. The average Bonchev–Trinajstić information content (AvgIpc) is 2.00. The second-order valence-corrected chi connectivity index (χ2v) is 3.79. The van der Waals surface area contributed by atoms with Gasteiger partial charge in [-0.25, -0.2) is 0 Å². The summed E-state index contributed by atoms with van der Waals surface area (Å²) in [5.41, 5.74) is 0.231. The maximum atomic E-state index is 11.0. The van der Waals surface area contributed by atoms with E-state index in [2.05, 4.69) is 11.9 Å². The van der Waals surface area contributed by atoms with Crippen molar-refractivity contribution in [1.82, 2.24) is 5.32 Å². The maximum Gasteiger partial charge on any atom is 0.246 e. The molecule has 0 aromatic rings. The molecule has 70 valence electrons. The summed E-state index contributed by atoms with van der Waals surface area (Å²) in [5, 5.41) is 11.5. The summed E-state index contributed by atoms with van der Waals surface area (Å²) in [4.78, 5) is 11.0. The highest BCUT2D eigenvalue weighted by atomic mass is 16.3. The van der Waals surface area contributed by atoms with Crippen LogP contribution in [0.15, 0.2) is 12.2 Å². The molecule has 1 amide bonds. The molecular formula is C9H17NO2. The van der Waals surface area contributed by atoms with E-state index in [1.807, 2.05) is 13.8 Å². The topological polar surface area (TPSA) is 49.3 Å². The Morgan fingerprint density at radius 2 is 2.08 bits per heavy atom. The molecule has 3 heteroatoms. The number of aliphatic hydroxyl groups is 1. The van der Waals surface area contributed by atoms with E-state index < -0.39 is 0 Å². The molecule has 0 radical (unpaired) electrons. The van der Waals surface area contributed by atoms with Crippen molar-refractivity contribution in [3.8, 4) is 0 Å². The van der Waals surface area contributed by atoms with Crippen molar-refractivity contribution in [2.75, 3.05) is 13.2 Å². The third kappa shape index (κ3) is 4.13. The number of amides is 1. The van der Waals surface area contributed by atoms with Gasteiger partial charge in [-0.2, -0.15) is 0 Å². The minimum atomic E-state index is -0.259. The summed E-state index contributed by atoms with van der Waals surface area (Å²) >= 11 is 0. The van der Waals surface area contributed by atoms with Gasteiger partial charge in [-0.05, 0) is 6.92 Å². The lowest BCUT2D eigenvalue weighted by atomic mass is 9.95. The first-order chi connectivity index (χ1) is 5.39. The van der Waals surface area contributed by atoms with E-state index in [-0.39, 0.29) is 17.9 Å². The van der Waals surface area contributed by atoms with Crippen molar-refractivity contribution in [2.45, 2.75) is 20.8 Å². The summed E-state index contributed by atoms with van der Waals surface area (Å²) in [7, 11) is 0. The number of hydrogen-bond acceptors (Lipinski definition) is 2. The zero-order valence-corrected chi connectivity index (χ0v) is 7.98. The van der Waals surface area contributed by atoms with Crippen LogP contribution in [0.5, 0.6) is 0 Å². The van der Waals surface area contributed by atoms with Crippen LogP contribution in [-0.2, 0) is 4.79 Å². The van der Waals surface area contributed by atoms with Gasteiger partial charge in [0.2, 0.25) is 5.91 Å². The van der Waals surface area contributed by atoms with Crippen molar-refractivity contribution < 1.29 is 9.90 Å². The van der Waals surface area contributed by atoms with E-state index in [0.717, 1.165) is 0 Å². The van der Waals surface area contributed by atoms with E-state index in [4.69, 9.17) is 5.11 Å². The van der Waals surface area contributed by atoms with Crippen LogP contribution in [0, 0.1) is 5.41 Å². The molecule has 0 saturated carbocycles. The Labute approximate surface area is 73.5 Å². The van der Waals surface area contributed by atoms with Crippen LogP contribution in [0.1, 0.15) is 20.8 Å². The first kappa shape index (κ1) is 11.2. The number of carbonyl (C=O) groups is 1. The molecule has 0 aliphatic rings. The fourth-order valence-electron chi connectivity index (χ4n) is 0.526. The van der Waals surface area contributed by atoms with E-state index in [1.54, 1.807) is 6.92 Å². The molecule has 0 rings (SSSR count). The molecule has 0 unspecified atom stereocenters. The number of rotatable bonds is 4. The van der Waals surface area contributed by atoms with Crippen molar-refractivity contribution in [3.05, 3.63) is 12.2 Å². The normalized spacial score (nSPS) is 11.0. The SMILES string of the molecule is C=C(C)C(=O)NCC(C)(C)CO. The highest BCUT2D eigenvalue weighted by molar-refractivity contribution is 5.92. The first-order valence-electron chi connectivity index (χ1n) is 3.93. The molecule has 0 saturated heterocycles. The van der Waals surface area contributed by atoms with Gasteiger partial charge in [-0.1, -0.05) is 20.4 Å². The fourth-order valence-corrected chi connectivity index (χ4v) is 0.526. The minimum absolute atomic E-state index is 0.0590. The molecule has 0 atom stereocenters. The number of hydrogen-bond donors (Lipinski definition) is 2. The average molecular weight is 171 g/mol. The quantitative estimate of drug-likeness (QED) is 0.612. The summed E-state index contributed by atoms with van der Waals surface area (Å²) in [6.07, 6.45) is 0. The van der Waals surface area contributed by atoms with Gasteiger partial charge in [-0.3, -0.25) is 4.79 Å². The zero-order chi connectivity index (χ0) is 9.78. The third-order valence-corrected chi connectivity index (χ3v) is 1.54. The van der Waals surface area contributed by atoms with E-state index >= 15 is 0 Å². The zero-order valence-electron chi connectivity index (χ0n) is 7.98. The van der Waals surface area contributed by atoms with Gasteiger partial charge in [0.25, 0.3) is 0 Å². The Balaban J connectivity index is 3.83. The van der Waals surface area contributed by atoms with Gasteiger partial charge in [0, 0.05) is 24.1 Å². The van der Waals surface area contributed by atoms with E-state index in [1.165, 1.54) is 0 Å². The summed E-state index contributed by atoms with van der Waals surface area (Å²) < 4.78 is 0. The molecule has 12 heavy (non-hydrogen) atoms. The van der Waals surface area contributed by atoms with Gasteiger partial charge >= 0.3 is 0 Å². The largest absolute Gasteiger partial charge is 0.396 e. The van der Waals surface area contributed by atoms with Crippen LogP contribution in [0.3, 0.4) is 0 Å². The highest BCUT2D eigenvalue weighted by Gasteiger charge is 2.17.